The Kier molecular flexibility index (Phi) is 4.58. The SMILES string of the molecule is NC(=S)CS(=O)(=O)Nc1ccccc1OC(F)(F)F. The van der Waals surface area contributed by atoms with E-state index in [-0.39, 0.29) is 10.7 Å². The second-order valence-electron chi connectivity index (χ2n) is 3.37. The van der Waals surface area contributed by atoms with Crippen LogP contribution in [0.2, 0.25) is 0 Å². The molecule has 0 aliphatic rings. The summed E-state index contributed by atoms with van der Waals surface area (Å²) in [6.45, 7) is 0. The van der Waals surface area contributed by atoms with E-state index in [1.165, 1.54) is 12.1 Å². The molecular formula is C9H9F3N2O3S2. The number of halogens is 3. The number of para-hydroxylation sites is 2. The van der Waals surface area contributed by atoms with Crippen molar-refractivity contribution in [3.63, 3.8) is 0 Å². The number of nitrogens with two attached hydrogens (primary N) is 1. The predicted octanol–water partition coefficient (Wildman–Crippen LogP) is 1.61. The van der Waals surface area contributed by atoms with Crippen LogP contribution in [0.15, 0.2) is 24.3 Å². The van der Waals surface area contributed by atoms with E-state index >= 15 is 0 Å². The van der Waals surface area contributed by atoms with Gasteiger partial charge in [0.05, 0.1) is 10.7 Å². The van der Waals surface area contributed by atoms with Crippen molar-refractivity contribution in [2.45, 2.75) is 6.36 Å². The molecule has 0 radical (unpaired) electrons. The monoisotopic (exact) mass is 314 g/mol. The number of thiocarbonyl (C=S) groups is 1. The van der Waals surface area contributed by atoms with E-state index in [0.717, 1.165) is 12.1 Å². The lowest BCUT2D eigenvalue weighted by molar-refractivity contribution is -0.274. The Labute approximate surface area is 112 Å². The van der Waals surface area contributed by atoms with Gasteiger partial charge in [-0.15, -0.1) is 13.2 Å². The standard InChI is InChI=1S/C9H9F3N2O3S2/c10-9(11,12)17-7-4-2-1-3-6(7)14-19(15,16)5-8(13)18/h1-4,14H,5H2,(H2,13,18). The highest BCUT2D eigenvalue weighted by Crippen LogP contribution is 2.30. The summed E-state index contributed by atoms with van der Waals surface area (Å²) < 4.78 is 65.0. The molecule has 5 nitrogen and oxygen atoms in total. The number of ether oxygens (including phenoxy) is 1. The number of hydrogen-bond donors (Lipinski definition) is 2. The molecule has 0 fully saturated rings. The van der Waals surface area contributed by atoms with Gasteiger partial charge in [-0.25, -0.2) is 8.42 Å². The molecule has 106 valence electrons. The van der Waals surface area contributed by atoms with Crippen molar-refractivity contribution in [3.05, 3.63) is 24.3 Å². The van der Waals surface area contributed by atoms with Crippen molar-refractivity contribution in [2.75, 3.05) is 10.5 Å². The second-order valence-corrected chi connectivity index (χ2v) is 5.62. The Balaban J connectivity index is 2.99. The normalized spacial score (nSPS) is 11.9. The number of nitrogens with one attached hydrogen (secondary N) is 1. The van der Waals surface area contributed by atoms with Gasteiger partial charge in [-0.1, -0.05) is 24.4 Å². The molecule has 0 aliphatic heterocycles. The zero-order valence-electron chi connectivity index (χ0n) is 9.27. The van der Waals surface area contributed by atoms with Crippen molar-refractivity contribution < 1.29 is 26.3 Å². The van der Waals surface area contributed by atoms with E-state index in [0.29, 0.717) is 0 Å². The van der Waals surface area contributed by atoms with Crippen LogP contribution < -0.4 is 15.2 Å². The number of hydrogen-bond acceptors (Lipinski definition) is 4. The minimum absolute atomic E-state index is 0.304. The molecule has 0 saturated carbocycles. The van der Waals surface area contributed by atoms with Crippen LogP contribution in [-0.4, -0.2) is 25.5 Å². The fourth-order valence-electron chi connectivity index (χ4n) is 1.16. The highest BCUT2D eigenvalue weighted by Gasteiger charge is 2.32. The lowest BCUT2D eigenvalue weighted by atomic mass is 10.3. The van der Waals surface area contributed by atoms with Gasteiger partial charge in [-0.3, -0.25) is 4.72 Å². The van der Waals surface area contributed by atoms with Gasteiger partial charge < -0.3 is 10.5 Å². The van der Waals surface area contributed by atoms with Crippen LogP contribution in [0.4, 0.5) is 18.9 Å². The molecule has 0 bridgehead atoms. The van der Waals surface area contributed by atoms with E-state index in [1.807, 2.05) is 4.72 Å². The third kappa shape index (κ3) is 5.75. The summed E-state index contributed by atoms with van der Waals surface area (Å²) in [5, 5.41) is 0. The molecule has 0 aliphatic carbocycles. The van der Waals surface area contributed by atoms with Gasteiger partial charge in [-0.2, -0.15) is 0 Å². The predicted molar refractivity (Wildman–Crippen MR) is 67.3 cm³/mol. The van der Waals surface area contributed by atoms with Crippen LogP contribution in [0.5, 0.6) is 5.75 Å². The molecule has 1 aromatic rings. The Morgan fingerprint density at radius 3 is 2.47 bits per heavy atom. The first kappa shape index (κ1) is 15.5. The van der Waals surface area contributed by atoms with E-state index in [2.05, 4.69) is 17.0 Å². The Hall–Kier alpha value is -1.55. The molecule has 0 spiro atoms. The number of sulfonamides is 1. The molecule has 0 heterocycles. The second kappa shape index (κ2) is 5.61. The van der Waals surface area contributed by atoms with Gasteiger partial charge in [0.2, 0.25) is 10.0 Å². The molecule has 1 aromatic carbocycles. The molecular weight excluding hydrogens is 305 g/mol. The highest BCUT2D eigenvalue weighted by molar-refractivity contribution is 7.95. The zero-order chi connectivity index (χ0) is 14.7. The minimum Gasteiger partial charge on any atom is -0.404 e. The Bertz CT molecular complexity index is 572. The third-order valence-electron chi connectivity index (χ3n) is 1.71. The van der Waals surface area contributed by atoms with Crippen LogP contribution in [0.3, 0.4) is 0 Å². The van der Waals surface area contributed by atoms with Gasteiger partial charge >= 0.3 is 6.36 Å². The summed E-state index contributed by atoms with van der Waals surface area (Å²) in [7, 11) is -3.98. The molecule has 0 unspecified atom stereocenters. The van der Waals surface area contributed by atoms with E-state index in [4.69, 9.17) is 5.73 Å². The van der Waals surface area contributed by atoms with Crippen molar-refractivity contribution in [2.24, 2.45) is 5.73 Å². The van der Waals surface area contributed by atoms with Gasteiger partial charge in [0.25, 0.3) is 0 Å². The number of anilines is 1. The average molecular weight is 314 g/mol. The Morgan fingerprint density at radius 1 is 1.37 bits per heavy atom. The first-order valence-corrected chi connectivity index (χ1v) is 6.79. The molecule has 1 rings (SSSR count). The smallest absolute Gasteiger partial charge is 0.404 e. The summed E-state index contributed by atoms with van der Waals surface area (Å²) >= 11 is 4.43. The maximum atomic E-state index is 12.1. The van der Waals surface area contributed by atoms with Gasteiger partial charge in [0.15, 0.2) is 5.75 Å². The summed E-state index contributed by atoms with van der Waals surface area (Å²) in [4.78, 5) is -0.304. The lowest BCUT2D eigenvalue weighted by Gasteiger charge is -2.14. The van der Waals surface area contributed by atoms with Crippen molar-refractivity contribution in [1.82, 2.24) is 0 Å². The van der Waals surface area contributed by atoms with Crippen molar-refractivity contribution in [3.8, 4) is 5.75 Å². The van der Waals surface area contributed by atoms with Crippen LogP contribution in [0, 0.1) is 0 Å². The first-order chi connectivity index (χ1) is 8.59. The maximum absolute atomic E-state index is 12.1. The van der Waals surface area contributed by atoms with Crippen LogP contribution in [0.1, 0.15) is 0 Å². The van der Waals surface area contributed by atoms with Crippen LogP contribution in [-0.2, 0) is 10.0 Å². The molecule has 0 aromatic heterocycles. The molecule has 19 heavy (non-hydrogen) atoms. The summed E-state index contributed by atoms with van der Waals surface area (Å²) in [6.07, 6.45) is -4.93. The first-order valence-electron chi connectivity index (χ1n) is 4.73. The summed E-state index contributed by atoms with van der Waals surface area (Å²) in [6, 6.07) is 4.72. The molecule has 0 amide bonds. The summed E-state index contributed by atoms with van der Waals surface area (Å²) in [5.41, 5.74) is 4.72. The van der Waals surface area contributed by atoms with E-state index in [1.54, 1.807) is 0 Å². The average Bonchev–Trinajstić information content (AvgIpc) is 2.16. The van der Waals surface area contributed by atoms with Gasteiger partial charge in [-0.05, 0) is 12.1 Å². The van der Waals surface area contributed by atoms with Crippen LogP contribution in [0.25, 0.3) is 0 Å². The van der Waals surface area contributed by atoms with Gasteiger partial charge in [0.1, 0.15) is 5.75 Å². The topological polar surface area (TPSA) is 81.4 Å². The quantitative estimate of drug-likeness (QED) is 0.807. The zero-order valence-corrected chi connectivity index (χ0v) is 10.9. The Morgan fingerprint density at radius 2 is 1.95 bits per heavy atom. The molecule has 3 N–H and O–H groups in total. The molecule has 0 atom stereocenters. The maximum Gasteiger partial charge on any atom is 0.573 e. The summed E-state index contributed by atoms with van der Waals surface area (Å²) in [5.74, 6) is -1.34. The van der Waals surface area contributed by atoms with Gasteiger partial charge in [0, 0.05) is 0 Å². The highest BCUT2D eigenvalue weighted by atomic mass is 32.2. The lowest BCUT2D eigenvalue weighted by Crippen LogP contribution is -2.27. The fraction of sp³-hybridized carbons (Fsp3) is 0.222. The van der Waals surface area contributed by atoms with Crippen LogP contribution >= 0.6 is 12.2 Å². The molecule has 10 heteroatoms. The number of rotatable bonds is 5. The van der Waals surface area contributed by atoms with E-state index < -0.39 is 27.9 Å². The molecule has 0 saturated heterocycles. The minimum atomic E-state index is -4.93. The number of benzene rings is 1. The van der Waals surface area contributed by atoms with E-state index in [9.17, 15) is 21.6 Å². The number of alkyl halides is 3. The van der Waals surface area contributed by atoms with Crippen molar-refractivity contribution >= 4 is 32.9 Å². The largest absolute Gasteiger partial charge is 0.573 e. The van der Waals surface area contributed by atoms with Crippen molar-refractivity contribution in [1.29, 1.82) is 0 Å². The third-order valence-corrected chi connectivity index (χ3v) is 3.26. The fourth-order valence-corrected chi connectivity index (χ4v) is 2.57.